The molecule has 4 amide bonds. The lowest BCUT2D eigenvalue weighted by molar-refractivity contribution is -0.149. The van der Waals surface area contributed by atoms with Crippen LogP contribution in [0.5, 0.6) is 0 Å². The maximum atomic E-state index is 14.3. The predicted molar refractivity (Wildman–Crippen MR) is 204 cm³/mol. The molecule has 1 aliphatic heterocycles. The van der Waals surface area contributed by atoms with Crippen molar-refractivity contribution in [3.63, 3.8) is 0 Å². The number of likely N-dealkylation sites (tertiary alicyclic amines) is 1. The molecule has 0 spiro atoms. The number of aliphatic carboxylic acids is 1. The number of nitrogens with two attached hydrogens (primary N) is 2. The number of halogens is 1. The smallest absolute Gasteiger partial charge is 0.408 e. The number of carbonyl (C=O) groups excluding carboxylic acids is 4. The van der Waals surface area contributed by atoms with Gasteiger partial charge in [-0.1, -0.05) is 30.3 Å². The average Bonchev–Trinajstić information content (AvgIpc) is 3.57. The Morgan fingerprint density at radius 2 is 1.76 bits per heavy atom. The molecule has 292 valence electrons. The Kier molecular flexibility index (Phi) is 15.0. The van der Waals surface area contributed by atoms with Crippen LogP contribution in [-0.4, -0.2) is 82.6 Å². The minimum atomic E-state index is -1.59. The van der Waals surface area contributed by atoms with Crippen molar-refractivity contribution in [3.8, 4) is 0 Å². The number of hydrogen-bond acceptors (Lipinski definition) is 9. The number of guanidine groups is 1. The molecule has 1 aliphatic rings. The molecule has 1 fully saturated rings. The number of nitrogens with one attached hydrogen (secondary N) is 3. The number of anilines is 1. The van der Waals surface area contributed by atoms with Crippen molar-refractivity contribution in [2.45, 2.75) is 83.5 Å². The van der Waals surface area contributed by atoms with Gasteiger partial charge in [-0.05, 0) is 83.1 Å². The lowest BCUT2D eigenvalue weighted by Crippen LogP contribution is -2.59. The van der Waals surface area contributed by atoms with Gasteiger partial charge in [-0.15, -0.1) is 12.4 Å². The van der Waals surface area contributed by atoms with Crippen LogP contribution >= 0.6 is 12.4 Å². The number of fused-ring (bicyclic) bond motifs is 1. The topological polar surface area (TPSA) is 249 Å². The van der Waals surface area contributed by atoms with Crippen molar-refractivity contribution in [2.75, 3.05) is 18.4 Å². The van der Waals surface area contributed by atoms with Crippen LogP contribution in [0.15, 0.2) is 68.8 Å². The second-order valence-electron chi connectivity index (χ2n) is 13.9. The number of alkyl carbamates (subject to hydrolysis) is 1. The van der Waals surface area contributed by atoms with E-state index in [1.807, 2.05) is 0 Å². The quantitative estimate of drug-likeness (QED) is 0.0602. The summed E-state index contributed by atoms with van der Waals surface area (Å²) in [6.07, 6.45) is -0.0467. The summed E-state index contributed by atoms with van der Waals surface area (Å²) < 4.78 is 10.7. The van der Waals surface area contributed by atoms with Crippen LogP contribution in [0.25, 0.3) is 11.0 Å². The molecule has 1 saturated heterocycles. The third-order valence-electron chi connectivity index (χ3n) is 8.59. The van der Waals surface area contributed by atoms with Crippen molar-refractivity contribution in [2.24, 2.45) is 22.4 Å². The summed E-state index contributed by atoms with van der Waals surface area (Å²) >= 11 is 0. The van der Waals surface area contributed by atoms with Crippen molar-refractivity contribution in [1.29, 1.82) is 0 Å². The molecule has 0 bridgehead atoms. The fourth-order valence-corrected chi connectivity index (χ4v) is 6.14. The van der Waals surface area contributed by atoms with Crippen molar-refractivity contribution in [3.05, 3.63) is 76.1 Å². The SMILES string of the molecule is Cc1cc(=O)oc2cc(NC(=O)[C@H](CCCN=C(N)N)NC(=O)[C@@H]3CCCN3C(=O)[C@@H](NC(=O)OC(C)(C)C)C(Cc3ccccc3)C(=O)O)ccc12.Cl. The molecule has 1 aromatic heterocycles. The maximum Gasteiger partial charge on any atom is 0.408 e. The lowest BCUT2D eigenvalue weighted by Gasteiger charge is -2.32. The first-order valence-electron chi connectivity index (χ1n) is 17.3. The number of nitrogens with zero attached hydrogens (tertiary/aromatic N) is 2. The van der Waals surface area contributed by atoms with Crippen LogP contribution in [0.1, 0.15) is 57.6 Å². The summed E-state index contributed by atoms with van der Waals surface area (Å²) in [4.78, 5) is 84.6. The molecule has 4 rings (SSSR count). The Morgan fingerprint density at radius 1 is 1.06 bits per heavy atom. The van der Waals surface area contributed by atoms with Crippen molar-refractivity contribution in [1.82, 2.24) is 15.5 Å². The monoisotopic (exact) mass is 769 g/mol. The van der Waals surface area contributed by atoms with E-state index in [0.717, 1.165) is 0 Å². The third-order valence-corrected chi connectivity index (χ3v) is 8.59. The van der Waals surface area contributed by atoms with E-state index in [2.05, 4.69) is 20.9 Å². The van der Waals surface area contributed by atoms with Gasteiger partial charge < -0.3 is 46.6 Å². The molecular formula is C37H48ClN7O9. The summed E-state index contributed by atoms with van der Waals surface area (Å²) in [7, 11) is 0. The zero-order valence-electron chi connectivity index (χ0n) is 30.6. The van der Waals surface area contributed by atoms with Gasteiger partial charge in [-0.2, -0.15) is 0 Å². The predicted octanol–water partition coefficient (Wildman–Crippen LogP) is 2.83. The summed E-state index contributed by atoms with van der Waals surface area (Å²) in [5.41, 5.74) is 11.3. The van der Waals surface area contributed by atoms with Crippen LogP contribution < -0.4 is 33.0 Å². The highest BCUT2D eigenvalue weighted by Gasteiger charge is 2.44. The first kappa shape index (κ1) is 42.8. The molecule has 17 heteroatoms. The molecule has 4 atom stereocenters. The number of carbonyl (C=O) groups is 5. The largest absolute Gasteiger partial charge is 0.481 e. The minimum Gasteiger partial charge on any atom is -0.481 e. The highest BCUT2D eigenvalue weighted by Crippen LogP contribution is 2.25. The molecule has 54 heavy (non-hydrogen) atoms. The van der Waals surface area contributed by atoms with E-state index in [9.17, 15) is 33.9 Å². The van der Waals surface area contributed by atoms with Gasteiger partial charge in [0.1, 0.15) is 29.3 Å². The number of benzene rings is 2. The fourth-order valence-electron chi connectivity index (χ4n) is 6.14. The normalized spacial score (nSPS) is 15.6. The Morgan fingerprint density at radius 3 is 2.41 bits per heavy atom. The second-order valence-corrected chi connectivity index (χ2v) is 13.9. The van der Waals surface area contributed by atoms with Crippen LogP contribution in [0, 0.1) is 12.8 Å². The lowest BCUT2D eigenvalue weighted by atomic mass is 9.91. The minimum absolute atomic E-state index is 0. The van der Waals surface area contributed by atoms with E-state index in [4.69, 9.17) is 20.6 Å². The molecule has 2 heterocycles. The molecule has 0 aliphatic carbocycles. The highest BCUT2D eigenvalue weighted by atomic mass is 35.5. The molecule has 0 saturated carbocycles. The van der Waals surface area contributed by atoms with Gasteiger partial charge in [-0.25, -0.2) is 9.59 Å². The van der Waals surface area contributed by atoms with Gasteiger partial charge >= 0.3 is 17.7 Å². The Hall–Kier alpha value is -5.64. The van der Waals surface area contributed by atoms with Gasteiger partial charge in [-0.3, -0.25) is 24.2 Å². The molecule has 8 N–H and O–H groups in total. The van der Waals surface area contributed by atoms with E-state index in [0.29, 0.717) is 35.0 Å². The number of aliphatic imine (C=N–C) groups is 1. The molecule has 2 aromatic carbocycles. The zero-order chi connectivity index (χ0) is 38.9. The number of aryl methyl sites for hydroxylation is 1. The van der Waals surface area contributed by atoms with E-state index >= 15 is 0 Å². The average molecular weight is 770 g/mol. The fraction of sp³-hybridized carbons (Fsp3) is 0.432. The molecular weight excluding hydrogens is 722 g/mol. The van der Waals surface area contributed by atoms with E-state index in [1.165, 1.54) is 17.0 Å². The van der Waals surface area contributed by atoms with Crippen molar-refractivity contribution >= 4 is 64.8 Å². The number of carboxylic acid groups (broad SMARTS) is 1. The molecule has 0 radical (unpaired) electrons. The third kappa shape index (κ3) is 11.9. The van der Waals surface area contributed by atoms with Gasteiger partial charge in [0.25, 0.3) is 0 Å². The van der Waals surface area contributed by atoms with Crippen LogP contribution in [0.3, 0.4) is 0 Å². The Labute approximate surface area is 318 Å². The van der Waals surface area contributed by atoms with Gasteiger partial charge in [0, 0.05) is 36.3 Å². The van der Waals surface area contributed by atoms with Crippen LogP contribution in [0.4, 0.5) is 10.5 Å². The second kappa shape index (κ2) is 18.9. The van der Waals surface area contributed by atoms with Crippen LogP contribution in [0.2, 0.25) is 0 Å². The van der Waals surface area contributed by atoms with E-state index in [1.54, 1.807) is 70.2 Å². The maximum absolute atomic E-state index is 14.3. The molecule has 16 nitrogen and oxygen atoms in total. The molecule has 3 aromatic rings. The first-order chi connectivity index (χ1) is 25.0. The zero-order valence-corrected chi connectivity index (χ0v) is 31.4. The van der Waals surface area contributed by atoms with Crippen LogP contribution in [-0.2, 0) is 30.3 Å². The highest BCUT2D eigenvalue weighted by molar-refractivity contribution is 6.00. The van der Waals surface area contributed by atoms with Gasteiger partial charge in [0.2, 0.25) is 17.7 Å². The number of amides is 4. The summed E-state index contributed by atoms with van der Waals surface area (Å²) in [5.74, 6) is -4.89. The van der Waals surface area contributed by atoms with E-state index in [-0.39, 0.29) is 56.3 Å². The number of rotatable bonds is 14. The number of ether oxygens (including phenoxy) is 1. The molecule has 1 unspecified atom stereocenters. The number of hydrogen-bond donors (Lipinski definition) is 6. The van der Waals surface area contributed by atoms with Gasteiger partial charge in [0.05, 0.1) is 5.92 Å². The van der Waals surface area contributed by atoms with Crippen molar-refractivity contribution < 1.29 is 38.2 Å². The summed E-state index contributed by atoms with van der Waals surface area (Å²) in [6, 6.07) is 11.1. The summed E-state index contributed by atoms with van der Waals surface area (Å²) in [5, 5.41) is 19.0. The van der Waals surface area contributed by atoms with E-state index < -0.39 is 65.1 Å². The Bertz CT molecular complexity index is 1910. The van der Waals surface area contributed by atoms with Gasteiger partial charge in [0.15, 0.2) is 5.96 Å². The summed E-state index contributed by atoms with van der Waals surface area (Å²) in [6.45, 7) is 6.93. The first-order valence-corrected chi connectivity index (χ1v) is 17.3. The number of carboxylic acids is 1. The standard InChI is InChI=1S/C37H47N7O9.ClH/c1-21-18-29(45)52-28-20-23(14-15-24(21)28)41-31(46)26(12-8-16-40-35(38)39)42-32(47)27-13-9-17-44(27)33(48)30(43-36(51)53-37(2,3)4)25(34(49)50)19-22-10-6-5-7-11-22;/h5-7,10-11,14-15,18,20,25-27,30H,8-9,12-13,16-17,19H2,1-4H3,(H,41,46)(H,42,47)(H,43,51)(H,49,50)(H4,38,39,40);1H/t25?,26-,27-,30-;/m0./s1. The Balaban J connectivity index is 0.00000784.